The van der Waals surface area contributed by atoms with Crippen molar-refractivity contribution in [2.45, 2.75) is 11.2 Å². The van der Waals surface area contributed by atoms with Crippen LogP contribution >= 0.6 is 61.2 Å². The maximum atomic E-state index is 4.68. The van der Waals surface area contributed by atoms with Crippen molar-refractivity contribution in [2.75, 3.05) is 0 Å². The molecule has 0 aliphatic carbocycles. The summed E-state index contributed by atoms with van der Waals surface area (Å²) in [7, 11) is 0. The summed E-state index contributed by atoms with van der Waals surface area (Å²) >= 11 is 9.70. The smallest absolute Gasteiger partial charge is 0.0953 e. The molecule has 3 aromatic rings. The normalized spacial score (nSPS) is 13.0. The molecule has 0 radical (unpaired) electrons. The molecule has 0 bridgehead atoms. The molecule has 0 aliphatic rings. The Balaban J connectivity index is 1.83. The molecule has 18 heavy (non-hydrogen) atoms. The zero-order valence-corrected chi connectivity index (χ0v) is 14.6. The number of halogens is 2. The fraction of sp³-hybridized carbons (Fsp3) is 0.154. The predicted octanol–water partition coefficient (Wildman–Crippen LogP) is 5.64. The van der Waals surface area contributed by atoms with Crippen LogP contribution < -0.4 is 0 Å². The molecule has 92 valence electrons. The minimum absolute atomic E-state index is 0.359. The number of hydrogen-bond donors (Lipinski definition) is 0. The van der Waals surface area contributed by atoms with E-state index in [0.29, 0.717) is 4.83 Å². The molecule has 0 saturated heterocycles. The first-order valence-corrected chi connectivity index (χ1v) is 9.14. The predicted molar refractivity (Wildman–Crippen MR) is 92.0 cm³/mol. The van der Waals surface area contributed by atoms with Crippen LogP contribution in [0.1, 0.15) is 15.4 Å². The summed E-state index contributed by atoms with van der Waals surface area (Å²) in [6, 6.07) is 10.5. The van der Waals surface area contributed by atoms with Crippen LogP contribution in [0.25, 0.3) is 10.2 Å². The van der Waals surface area contributed by atoms with E-state index < -0.39 is 0 Å². The van der Waals surface area contributed by atoms with Gasteiger partial charge in [0.2, 0.25) is 0 Å². The highest BCUT2D eigenvalue weighted by Gasteiger charge is 2.13. The summed E-state index contributed by atoms with van der Waals surface area (Å²) < 4.78 is 2.60. The lowest BCUT2D eigenvalue weighted by molar-refractivity contribution is 0.943. The number of para-hydroxylation sites is 1. The third-order valence-corrected chi connectivity index (χ3v) is 6.36. The van der Waals surface area contributed by atoms with E-state index in [1.807, 2.05) is 6.07 Å². The minimum atomic E-state index is 0.359. The standard InChI is InChI=1S/C13H9BrINS2/c14-9(8-5-12(15)17-7-8)6-13-16-10-3-1-2-4-11(10)18-13/h1-5,7,9H,6H2. The summed E-state index contributed by atoms with van der Waals surface area (Å²) in [4.78, 5) is 5.03. The Hall–Kier alpha value is 0.0200. The lowest BCUT2D eigenvalue weighted by Gasteiger charge is -2.04. The first kappa shape index (κ1) is 13.0. The maximum Gasteiger partial charge on any atom is 0.0953 e. The molecular formula is C13H9BrINS2. The average Bonchev–Trinajstić information content (AvgIpc) is 2.94. The van der Waals surface area contributed by atoms with Crippen LogP contribution in [0.4, 0.5) is 0 Å². The van der Waals surface area contributed by atoms with Gasteiger partial charge >= 0.3 is 0 Å². The zero-order chi connectivity index (χ0) is 12.5. The average molecular weight is 450 g/mol. The fourth-order valence-electron chi connectivity index (χ4n) is 1.77. The Labute approximate surface area is 136 Å². The van der Waals surface area contributed by atoms with Gasteiger partial charge in [0.05, 0.1) is 18.1 Å². The van der Waals surface area contributed by atoms with Crippen molar-refractivity contribution in [3.05, 3.63) is 49.2 Å². The number of hydrogen-bond acceptors (Lipinski definition) is 3. The third kappa shape index (κ3) is 2.79. The molecule has 5 heteroatoms. The molecule has 0 fully saturated rings. The minimum Gasteiger partial charge on any atom is -0.241 e. The molecular weight excluding hydrogens is 441 g/mol. The maximum absolute atomic E-state index is 4.68. The molecule has 1 aromatic carbocycles. The Morgan fingerprint density at radius 2 is 2.17 bits per heavy atom. The van der Waals surface area contributed by atoms with Crippen LogP contribution in [0.5, 0.6) is 0 Å². The lowest BCUT2D eigenvalue weighted by atomic mass is 10.2. The van der Waals surface area contributed by atoms with Gasteiger partial charge in [-0.1, -0.05) is 28.1 Å². The Morgan fingerprint density at radius 1 is 1.33 bits per heavy atom. The first-order chi connectivity index (χ1) is 8.72. The van der Waals surface area contributed by atoms with Crippen LogP contribution in [0.2, 0.25) is 0 Å². The summed E-state index contributed by atoms with van der Waals surface area (Å²) in [6.07, 6.45) is 0.951. The van der Waals surface area contributed by atoms with E-state index in [4.69, 9.17) is 0 Å². The van der Waals surface area contributed by atoms with Crippen molar-refractivity contribution < 1.29 is 0 Å². The third-order valence-electron chi connectivity index (χ3n) is 2.64. The van der Waals surface area contributed by atoms with Crippen molar-refractivity contribution in [1.82, 2.24) is 4.98 Å². The van der Waals surface area contributed by atoms with Gasteiger partial charge in [0.15, 0.2) is 0 Å². The molecule has 1 unspecified atom stereocenters. The lowest BCUT2D eigenvalue weighted by Crippen LogP contribution is -1.92. The molecule has 1 nitrogen and oxygen atoms in total. The molecule has 0 saturated carbocycles. The quantitative estimate of drug-likeness (QED) is 0.372. The van der Waals surface area contributed by atoms with Gasteiger partial charge in [-0.25, -0.2) is 4.98 Å². The number of thiazole rings is 1. The zero-order valence-electron chi connectivity index (χ0n) is 9.27. The summed E-state index contributed by atoms with van der Waals surface area (Å²) in [5, 5.41) is 3.41. The van der Waals surface area contributed by atoms with Gasteiger partial charge in [-0.2, -0.15) is 0 Å². The summed E-state index contributed by atoms with van der Waals surface area (Å²) in [5.41, 5.74) is 2.46. The van der Waals surface area contributed by atoms with Crippen LogP contribution in [0.15, 0.2) is 35.7 Å². The van der Waals surface area contributed by atoms with E-state index in [2.05, 4.69) is 73.2 Å². The summed E-state index contributed by atoms with van der Waals surface area (Å²) in [5.74, 6) is 0. The number of aromatic nitrogens is 1. The van der Waals surface area contributed by atoms with E-state index in [9.17, 15) is 0 Å². The molecule has 2 aromatic heterocycles. The number of benzene rings is 1. The highest BCUT2D eigenvalue weighted by atomic mass is 127. The van der Waals surface area contributed by atoms with Gasteiger partial charge in [0, 0.05) is 11.2 Å². The van der Waals surface area contributed by atoms with E-state index in [1.165, 1.54) is 18.2 Å². The van der Waals surface area contributed by atoms with Gasteiger partial charge in [-0.15, -0.1) is 22.7 Å². The monoisotopic (exact) mass is 449 g/mol. The highest BCUT2D eigenvalue weighted by Crippen LogP contribution is 2.33. The second-order valence-electron chi connectivity index (χ2n) is 3.93. The SMILES string of the molecule is BrC(Cc1nc2ccccc2s1)c1csc(I)c1. The Kier molecular flexibility index (Phi) is 4.03. The van der Waals surface area contributed by atoms with Crippen molar-refractivity contribution >= 4 is 71.4 Å². The van der Waals surface area contributed by atoms with Gasteiger partial charge in [-0.05, 0) is 51.7 Å². The number of fused-ring (bicyclic) bond motifs is 1. The topological polar surface area (TPSA) is 12.9 Å². The molecule has 0 N–H and O–H groups in total. The van der Waals surface area contributed by atoms with E-state index in [1.54, 1.807) is 22.7 Å². The van der Waals surface area contributed by atoms with Crippen LogP contribution in [0, 0.1) is 2.88 Å². The van der Waals surface area contributed by atoms with Crippen LogP contribution in [-0.4, -0.2) is 4.98 Å². The van der Waals surface area contributed by atoms with Gasteiger partial charge in [0.25, 0.3) is 0 Å². The van der Waals surface area contributed by atoms with Crippen molar-refractivity contribution in [3.8, 4) is 0 Å². The van der Waals surface area contributed by atoms with E-state index >= 15 is 0 Å². The van der Waals surface area contributed by atoms with E-state index in [-0.39, 0.29) is 0 Å². The second-order valence-corrected chi connectivity index (χ2v) is 8.96. The fourth-order valence-corrected chi connectivity index (χ4v) is 5.17. The largest absolute Gasteiger partial charge is 0.241 e. The van der Waals surface area contributed by atoms with Crippen LogP contribution in [-0.2, 0) is 6.42 Å². The first-order valence-electron chi connectivity index (χ1n) is 5.45. The second kappa shape index (κ2) is 5.56. The van der Waals surface area contributed by atoms with Gasteiger partial charge in [0.1, 0.15) is 0 Å². The molecule has 3 rings (SSSR count). The van der Waals surface area contributed by atoms with Gasteiger partial charge in [-0.3, -0.25) is 0 Å². The molecule has 0 amide bonds. The number of rotatable bonds is 3. The number of alkyl halides is 1. The van der Waals surface area contributed by atoms with Crippen molar-refractivity contribution in [2.24, 2.45) is 0 Å². The van der Waals surface area contributed by atoms with Gasteiger partial charge < -0.3 is 0 Å². The van der Waals surface area contributed by atoms with Crippen LogP contribution in [0.3, 0.4) is 0 Å². The van der Waals surface area contributed by atoms with E-state index in [0.717, 1.165) is 11.9 Å². The number of nitrogens with zero attached hydrogens (tertiary/aromatic N) is 1. The number of thiophene rings is 1. The summed E-state index contributed by atoms with van der Waals surface area (Å²) in [6.45, 7) is 0. The van der Waals surface area contributed by atoms with Crippen molar-refractivity contribution in [1.29, 1.82) is 0 Å². The van der Waals surface area contributed by atoms with Crippen molar-refractivity contribution in [3.63, 3.8) is 0 Å². The molecule has 0 aliphatic heterocycles. The Morgan fingerprint density at radius 3 is 2.89 bits per heavy atom. The molecule has 1 atom stereocenters. The highest BCUT2D eigenvalue weighted by molar-refractivity contribution is 14.1. The molecule has 2 heterocycles. The molecule has 0 spiro atoms. The Bertz CT molecular complexity index is 643.